The van der Waals surface area contributed by atoms with Gasteiger partial charge in [-0.05, 0) is 37.3 Å². The first-order valence-corrected chi connectivity index (χ1v) is 9.53. The molecular weight excluding hydrogens is 388 g/mol. The first-order chi connectivity index (χ1) is 13.0. The van der Waals surface area contributed by atoms with Crippen LogP contribution in [0, 0.1) is 0 Å². The number of para-hydroxylation sites is 1. The highest BCUT2D eigenvalue weighted by Gasteiger charge is 2.26. The normalized spacial score (nSPS) is 12.0. The van der Waals surface area contributed by atoms with Crippen molar-refractivity contribution >= 4 is 46.3 Å². The lowest BCUT2D eigenvalue weighted by atomic mass is 10.1. The monoisotopic (exact) mass is 404 g/mol. The number of benzene rings is 2. The highest BCUT2D eigenvalue weighted by molar-refractivity contribution is 7.98. The van der Waals surface area contributed by atoms with Gasteiger partial charge < -0.3 is 13.9 Å². The average molecular weight is 405 g/mol. The number of hydrogen-bond acceptors (Lipinski definition) is 6. The van der Waals surface area contributed by atoms with E-state index in [1.807, 2.05) is 42.5 Å². The molecule has 1 heterocycles. The third kappa shape index (κ3) is 4.46. The molecule has 3 aromatic rings. The van der Waals surface area contributed by atoms with Crippen LogP contribution in [0.5, 0.6) is 0 Å². The van der Waals surface area contributed by atoms with Gasteiger partial charge in [-0.3, -0.25) is 0 Å². The van der Waals surface area contributed by atoms with Gasteiger partial charge in [-0.25, -0.2) is 9.59 Å². The second-order valence-corrected chi connectivity index (χ2v) is 7.20. The number of halogens is 1. The number of esters is 2. The van der Waals surface area contributed by atoms with Crippen LogP contribution in [0.3, 0.4) is 0 Å². The molecule has 0 aliphatic heterocycles. The lowest BCUT2D eigenvalue weighted by molar-refractivity contribution is -0.149. The molecule has 0 saturated carbocycles. The molecule has 0 aliphatic carbocycles. The zero-order valence-corrected chi connectivity index (χ0v) is 16.3. The van der Waals surface area contributed by atoms with E-state index in [4.69, 9.17) is 20.8 Å². The SMILES string of the molecule is COC(=O)C(C)OC(=O)c1oc2ccccc2c1CSc1ccc(Cl)cc1. The van der Waals surface area contributed by atoms with Crippen molar-refractivity contribution in [1.29, 1.82) is 0 Å². The fourth-order valence-corrected chi connectivity index (χ4v) is 3.57. The van der Waals surface area contributed by atoms with Crippen molar-refractivity contribution in [2.75, 3.05) is 7.11 Å². The zero-order valence-electron chi connectivity index (χ0n) is 14.7. The number of carbonyl (C=O) groups excluding carboxylic acids is 2. The average Bonchev–Trinajstić information content (AvgIpc) is 3.05. The van der Waals surface area contributed by atoms with Gasteiger partial charge in [0.25, 0.3) is 0 Å². The molecule has 0 bridgehead atoms. The minimum atomic E-state index is -1.02. The maximum absolute atomic E-state index is 12.6. The van der Waals surface area contributed by atoms with Gasteiger partial charge in [0.05, 0.1) is 7.11 Å². The first-order valence-electron chi connectivity index (χ1n) is 8.17. The van der Waals surface area contributed by atoms with Gasteiger partial charge in [-0.2, -0.15) is 0 Å². The summed E-state index contributed by atoms with van der Waals surface area (Å²) in [5, 5.41) is 1.49. The van der Waals surface area contributed by atoms with E-state index in [-0.39, 0.29) is 5.76 Å². The van der Waals surface area contributed by atoms with Crippen molar-refractivity contribution in [3.63, 3.8) is 0 Å². The molecule has 140 valence electrons. The van der Waals surface area contributed by atoms with Crippen LogP contribution in [0.1, 0.15) is 23.0 Å². The third-order valence-corrected chi connectivity index (χ3v) is 5.19. The Morgan fingerprint density at radius 2 is 1.85 bits per heavy atom. The Hall–Kier alpha value is -2.44. The number of methoxy groups -OCH3 is 1. The van der Waals surface area contributed by atoms with E-state index >= 15 is 0 Å². The molecule has 0 amide bonds. The van der Waals surface area contributed by atoms with Crippen LogP contribution >= 0.6 is 23.4 Å². The van der Waals surface area contributed by atoms with E-state index in [1.165, 1.54) is 14.0 Å². The summed E-state index contributed by atoms with van der Waals surface area (Å²) in [5.41, 5.74) is 1.30. The van der Waals surface area contributed by atoms with E-state index in [0.717, 1.165) is 10.3 Å². The van der Waals surface area contributed by atoms with E-state index < -0.39 is 18.0 Å². The quantitative estimate of drug-likeness (QED) is 0.420. The molecule has 5 nitrogen and oxygen atoms in total. The summed E-state index contributed by atoms with van der Waals surface area (Å²) in [6.07, 6.45) is -1.02. The molecule has 1 aromatic heterocycles. The second kappa shape index (κ2) is 8.50. The summed E-state index contributed by atoms with van der Waals surface area (Å²) < 4.78 is 15.5. The number of ether oxygens (including phenoxy) is 2. The van der Waals surface area contributed by atoms with Gasteiger partial charge in [-0.1, -0.05) is 29.8 Å². The van der Waals surface area contributed by atoms with Gasteiger partial charge >= 0.3 is 11.9 Å². The van der Waals surface area contributed by atoms with Crippen LogP contribution in [-0.2, 0) is 20.0 Å². The van der Waals surface area contributed by atoms with Crippen LogP contribution in [-0.4, -0.2) is 25.2 Å². The van der Waals surface area contributed by atoms with Crippen LogP contribution in [0.25, 0.3) is 11.0 Å². The number of rotatable bonds is 6. The lowest BCUT2D eigenvalue weighted by Gasteiger charge is -2.10. The fraction of sp³-hybridized carbons (Fsp3) is 0.200. The highest BCUT2D eigenvalue weighted by Crippen LogP contribution is 2.33. The van der Waals surface area contributed by atoms with Crippen molar-refractivity contribution in [3.8, 4) is 0 Å². The summed E-state index contributed by atoms with van der Waals surface area (Å²) in [6, 6.07) is 14.8. The summed E-state index contributed by atoms with van der Waals surface area (Å²) in [7, 11) is 1.24. The zero-order chi connectivity index (χ0) is 19.4. The van der Waals surface area contributed by atoms with Crippen molar-refractivity contribution < 1.29 is 23.5 Å². The topological polar surface area (TPSA) is 65.7 Å². The summed E-state index contributed by atoms with van der Waals surface area (Å²) in [5.74, 6) is -0.740. The molecule has 0 saturated heterocycles. The molecule has 0 aliphatic rings. The molecule has 3 rings (SSSR count). The Morgan fingerprint density at radius 3 is 2.56 bits per heavy atom. The molecule has 27 heavy (non-hydrogen) atoms. The first kappa shape index (κ1) is 19.3. The van der Waals surface area contributed by atoms with Crippen LogP contribution in [0.15, 0.2) is 57.8 Å². The molecule has 0 fully saturated rings. The molecule has 0 N–H and O–H groups in total. The molecule has 1 unspecified atom stereocenters. The van der Waals surface area contributed by atoms with E-state index in [9.17, 15) is 9.59 Å². The Bertz CT molecular complexity index is 964. The largest absolute Gasteiger partial charge is 0.466 e. The predicted molar refractivity (Wildman–Crippen MR) is 104 cm³/mol. The number of fused-ring (bicyclic) bond motifs is 1. The third-order valence-electron chi connectivity index (χ3n) is 3.90. The smallest absolute Gasteiger partial charge is 0.375 e. The molecular formula is C20H17ClO5S. The van der Waals surface area contributed by atoms with Crippen molar-refractivity contribution in [2.24, 2.45) is 0 Å². The van der Waals surface area contributed by atoms with Crippen LogP contribution in [0.4, 0.5) is 0 Å². The van der Waals surface area contributed by atoms with E-state index in [0.29, 0.717) is 21.9 Å². The van der Waals surface area contributed by atoms with Crippen LogP contribution in [0.2, 0.25) is 5.02 Å². The number of carbonyl (C=O) groups is 2. The molecule has 7 heteroatoms. The number of hydrogen-bond donors (Lipinski definition) is 0. The van der Waals surface area contributed by atoms with Gasteiger partial charge in [0.1, 0.15) is 5.58 Å². The van der Waals surface area contributed by atoms with Crippen molar-refractivity contribution in [3.05, 3.63) is 64.9 Å². The molecule has 1 atom stereocenters. The Balaban J connectivity index is 1.88. The van der Waals surface area contributed by atoms with E-state index in [2.05, 4.69) is 4.74 Å². The van der Waals surface area contributed by atoms with Crippen molar-refractivity contribution in [1.82, 2.24) is 0 Å². The maximum atomic E-state index is 12.6. The predicted octanol–water partition coefficient (Wildman–Crippen LogP) is 5.10. The van der Waals surface area contributed by atoms with Gasteiger partial charge in [-0.15, -0.1) is 11.8 Å². The summed E-state index contributed by atoms with van der Waals surface area (Å²) in [6.45, 7) is 1.45. The van der Waals surface area contributed by atoms with Crippen LogP contribution < -0.4 is 0 Å². The molecule has 0 radical (unpaired) electrons. The molecule has 2 aromatic carbocycles. The van der Waals surface area contributed by atoms with E-state index in [1.54, 1.807) is 17.8 Å². The Kier molecular flexibility index (Phi) is 6.08. The maximum Gasteiger partial charge on any atom is 0.375 e. The van der Waals surface area contributed by atoms with Crippen molar-refractivity contribution in [2.45, 2.75) is 23.7 Å². The minimum absolute atomic E-state index is 0.0911. The standard InChI is InChI=1S/C20H17ClO5S/c1-12(19(22)24-2)25-20(23)18-16(15-5-3-4-6-17(15)26-18)11-27-14-9-7-13(21)8-10-14/h3-10,12H,11H2,1-2H3. The lowest BCUT2D eigenvalue weighted by Crippen LogP contribution is -2.25. The Labute approximate surface area is 165 Å². The van der Waals surface area contributed by atoms with Gasteiger partial charge in [0, 0.05) is 26.6 Å². The fourth-order valence-electron chi connectivity index (χ4n) is 2.52. The summed E-state index contributed by atoms with van der Waals surface area (Å²) >= 11 is 7.46. The van der Waals surface area contributed by atoms with Gasteiger partial charge in [0.2, 0.25) is 5.76 Å². The number of thioether (sulfide) groups is 1. The second-order valence-electron chi connectivity index (χ2n) is 5.72. The molecule has 0 spiro atoms. The Morgan fingerprint density at radius 1 is 1.15 bits per heavy atom. The van der Waals surface area contributed by atoms with Gasteiger partial charge in [0.15, 0.2) is 6.10 Å². The highest BCUT2D eigenvalue weighted by atomic mass is 35.5. The summed E-state index contributed by atoms with van der Waals surface area (Å²) in [4.78, 5) is 25.1. The minimum Gasteiger partial charge on any atom is -0.466 e. The number of furan rings is 1.